The van der Waals surface area contributed by atoms with Crippen LogP contribution in [0.2, 0.25) is 0 Å². The number of carbonyl (C=O) groups is 1. The molecule has 13 heavy (non-hydrogen) atoms. The summed E-state index contributed by atoms with van der Waals surface area (Å²) in [5, 5.41) is 8.57. The number of ketones is 1. The highest BCUT2D eigenvalue weighted by Gasteiger charge is 2.03. The summed E-state index contributed by atoms with van der Waals surface area (Å²) < 4.78 is 0. The van der Waals surface area contributed by atoms with Crippen LogP contribution >= 0.6 is 0 Å². The molecule has 0 unspecified atom stereocenters. The van der Waals surface area contributed by atoms with E-state index in [1.54, 1.807) is 24.3 Å². The van der Waals surface area contributed by atoms with Gasteiger partial charge in [-0.1, -0.05) is 32.0 Å². The van der Waals surface area contributed by atoms with Crippen molar-refractivity contribution in [3.63, 3.8) is 0 Å². The van der Waals surface area contributed by atoms with Crippen molar-refractivity contribution in [1.29, 1.82) is 5.26 Å². The van der Waals surface area contributed by atoms with Crippen LogP contribution in [-0.2, 0) is 0 Å². The Morgan fingerprint density at radius 2 is 1.85 bits per heavy atom. The molecule has 0 aliphatic rings. The van der Waals surface area contributed by atoms with E-state index in [4.69, 9.17) is 5.26 Å². The molecule has 0 atom stereocenters. The summed E-state index contributed by atoms with van der Waals surface area (Å²) in [7, 11) is 0. The van der Waals surface area contributed by atoms with Gasteiger partial charge in [0.15, 0.2) is 5.78 Å². The molecule has 0 heterocycles. The molecular formula is C11H13NO. The lowest BCUT2D eigenvalue weighted by atomic mass is 10.1. The van der Waals surface area contributed by atoms with Crippen molar-refractivity contribution >= 4 is 5.78 Å². The molecular weight excluding hydrogens is 162 g/mol. The first-order valence-corrected chi connectivity index (χ1v) is 4.26. The highest BCUT2D eigenvalue weighted by atomic mass is 16.1. The van der Waals surface area contributed by atoms with E-state index < -0.39 is 0 Å². The van der Waals surface area contributed by atoms with E-state index in [0.29, 0.717) is 11.1 Å². The smallest absolute Gasteiger partial charge is 0.161 e. The van der Waals surface area contributed by atoms with E-state index in [2.05, 4.69) is 0 Å². The van der Waals surface area contributed by atoms with E-state index in [9.17, 15) is 4.79 Å². The lowest BCUT2D eigenvalue weighted by Crippen LogP contribution is -1.94. The third-order valence-electron chi connectivity index (χ3n) is 1.43. The molecule has 1 aromatic rings. The zero-order valence-electron chi connectivity index (χ0n) is 8.16. The Balaban J connectivity index is 0.000000671. The van der Waals surface area contributed by atoms with Crippen molar-refractivity contribution in [3.8, 4) is 6.07 Å². The first kappa shape index (κ1) is 11.4. The standard InChI is InChI=1S/C9H7NO.C2H6/c1-7(11)9-5-3-2-4-8(9)6-10;1-2/h2-5H,1H3;1-2H3. The van der Waals surface area contributed by atoms with Gasteiger partial charge in [0.1, 0.15) is 0 Å². The maximum atomic E-state index is 10.9. The first-order valence-electron chi connectivity index (χ1n) is 4.26. The second-order valence-corrected chi connectivity index (χ2v) is 2.21. The molecule has 68 valence electrons. The van der Waals surface area contributed by atoms with E-state index in [1.165, 1.54) is 6.92 Å². The molecule has 0 N–H and O–H groups in total. The van der Waals surface area contributed by atoms with Crippen LogP contribution in [0.25, 0.3) is 0 Å². The molecule has 0 spiro atoms. The van der Waals surface area contributed by atoms with Crippen molar-refractivity contribution in [2.45, 2.75) is 20.8 Å². The van der Waals surface area contributed by atoms with Gasteiger partial charge < -0.3 is 0 Å². The van der Waals surface area contributed by atoms with Gasteiger partial charge in [-0.15, -0.1) is 0 Å². The summed E-state index contributed by atoms with van der Waals surface area (Å²) in [6.45, 7) is 5.45. The second kappa shape index (κ2) is 5.96. The maximum Gasteiger partial charge on any atom is 0.161 e. The van der Waals surface area contributed by atoms with Crippen LogP contribution in [-0.4, -0.2) is 5.78 Å². The number of nitriles is 1. The van der Waals surface area contributed by atoms with Gasteiger partial charge in [0.2, 0.25) is 0 Å². The Bertz CT molecular complexity index is 323. The van der Waals surface area contributed by atoms with Crippen molar-refractivity contribution in [2.24, 2.45) is 0 Å². The van der Waals surface area contributed by atoms with Crippen molar-refractivity contribution in [2.75, 3.05) is 0 Å². The van der Waals surface area contributed by atoms with Crippen LogP contribution in [0.3, 0.4) is 0 Å². The summed E-state index contributed by atoms with van der Waals surface area (Å²) in [5.41, 5.74) is 0.940. The Kier molecular flexibility index (Phi) is 5.22. The van der Waals surface area contributed by atoms with Crippen LogP contribution in [0.4, 0.5) is 0 Å². The van der Waals surface area contributed by atoms with Crippen LogP contribution in [0.15, 0.2) is 24.3 Å². The number of rotatable bonds is 1. The lowest BCUT2D eigenvalue weighted by molar-refractivity contribution is 0.101. The number of nitrogens with zero attached hydrogens (tertiary/aromatic N) is 1. The molecule has 0 amide bonds. The molecule has 0 saturated heterocycles. The van der Waals surface area contributed by atoms with Crippen molar-refractivity contribution in [1.82, 2.24) is 0 Å². The van der Waals surface area contributed by atoms with E-state index in [1.807, 2.05) is 19.9 Å². The molecule has 0 bridgehead atoms. The number of benzene rings is 1. The number of hydrogen-bond donors (Lipinski definition) is 0. The fourth-order valence-corrected chi connectivity index (χ4v) is 0.888. The second-order valence-electron chi connectivity index (χ2n) is 2.21. The van der Waals surface area contributed by atoms with Crippen LogP contribution in [0.1, 0.15) is 36.7 Å². The topological polar surface area (TPSA) is 40.9 Å². The highest BCUT2D eigenvalue weighted by molar-refractivity contribution is 5.96. The van der Waals surface area contributed by atoms with Crippen molar-refractivity contribution < 1.29 is 4.79 Å². The molecule has 1 aromatic carbocycles. The Hall–Kier alpha value is -1.62. The minimum atomic E-state index is -0.0675. The van der Waals surface area contributed by atoms with Crippen LogP contribution in [0.5, 0.6) is 0 Å². The van der Waals surface area contributed by atoms with Gasteiger partial charge in [-0.2, -0.15) is 5.26 Å². The highest BCUT2D eigenvalue weighted by Crippen LogP contribution is 2.06. The summed E-state index contributed by atoms with van der Waals surface area (Å²) >= 11 is 0. The van der Waals surface area contributed by atoms with Crippen LogP contribution in [0, 0.1) is 11.3 Å². The van der Waals surface area contributed by atoms with Gasteiger partial charge in [0.25, 0.3) is 0 Å². The summed E-state index contributed by atoms with van der Waals surface area (Å²) in [6, 6.07) is 8.73. The molecule has 0 aliphatic heterocycles. The molecule has 1 rings (SSSR count). The summed E-state index contributed by atoms with van der Waals surface area (Å²) in [6.07, 6.45) is 0. The molecule has 0 aromatic heterocycles. The zero-order valence-corrected chi connectivity index (χ0v) is 8.16. The quantitative estimate of drug-likeness (QED) is 0.616. The molecule has 2 nitrogen and oxygen atoms in total. The Labute approximate surface area is 78.8 Å². The van der Waals surface area contributed by atoms with E-state index >= 15 is 0 Å². The van der Waals surface area contributed by atoms with Gasteiger partial charge in [0, 0.05) is 5.56 Å². The maximum absolute atomic E-state index is 10.9. The molecule has 0 fully saturated rings. The van der Waals surface area contributed by atoms with Gasteiger partial charge in [-0.25, -0.2) is 0 Å². The van der Waals surface area contributed by atoms with Gasteiger partial charge >= 0.3 is 0 Å². The average Bonchev–Trinajstić information content (AvgIpc) is 2.20. The molecule has 0 aliphatic carbocycles. The fourth-order valence-electron chi connectivity index (χ4n) is 0.888. The van der Waals surface area contributed by atoms with Crippen LogP contribution < -0.4 is 0 Å². The summed E-state index contributed by atoms with van der Waals surface area (Å²) in [4.78, 5) is 10.9. The first-order chi connectivity index (χ1) is 6.25. The van der Waals surface area contributed by atoms with Gasteiger partial charge in [-0.05, 0) is 13.0 Å². The third kappa shape index (κ3) is 3.08. The monoisotopic (exact) mass is 175 g/mol. The Morgan fingerprint density at radius 3 is 2.23 bits per heavy atom. The van der Waals surface area contributed by atoms with E-state index in [-0.39, 0.29) is 5.78 Å². The number of Topliss-reactive ketones (excluding diaryl/α,β-unsaturated/α-hetero) is 1. The Morgan fingerprint density at radius 1 is 1.31 bits per heavy atom. The SMILES string of the molecule is CC.CC(=O)c1ccccc1C#N. The minimum absolute atomic E-state index is 0.0675. The largest absolute Gasteiger partial charge is 0.294 e. The normalized spacial score (nSPS) is 7.85. The molecule has 2 heteroatoms. The van der Waals surface area contributed by atoms with Gasteiger partial charge in [-0.3, -0.25) is 4.79 Å². The number of carbonyl (C=O) groups excluding carboxylic acids is 1. The predicted molar refractivity (Wildman–Crippen MR) is 52.5 cm³/mol. The zero-order chi connectivity index (χ0) is 10.3. The number of hydrogen-bond acceptors (Lipinski definition) is 2. The lowest BCUT2D eigenvalue weighted by Gasteiger charge is -1.95. The van der Waals surface area contributed by atoms with Crippen molar-refractivity contribution in [3.05, 3.63) is 35.4 Å². The third-order valence-corrected chi connectivity index (χ3v) is 1.43. The summed E-state index contributed by atoms with van der Waals surface area (Å²) in [5.74, 6) is -0.0675. The minimum Gasteiger partial charge on any atom is -0.294 e. The predicted octanol–water partition coefficient (Wildman–Crippen LogP) is 2.79. The fraction of sp³-hybridized carbons (Fsp3) is 0.273. The molecule has 0 saturated carbocycles. The van der Waals surface area contributed by atoms with E-state index in [0.717, 1.165) is 0 Å². The van der Waals surface area contributed by atoms with Gasteiger partial charge in [0.05, 0.1) is 11.6 Å². The molecule has 0 radical (unpaired) electrons. The average molecular weight is 175 g/mol.